The molecule has 0 fully saturated rings. The second kappa shape index (κ2) is 10.0. The molecule has 1 aliphatic heterocycles. The van der Waals surface area contributed by atoms with Gasteiger partial charge in [0.05, 0.1) is 6.42 Å². The van der Waals surface area contributed by atoms with E-state index in [4.69, 9.17) is 18.9 Å². The van der Waals surface area contributed by atoms with Crippen LogP contribution in [0.2, 0.25) is 0 Å². The van der Waals surface area contributed by atoms with Gasteiger partial charge in [0.2, 0.25) is 0 Å². The summed E-state index contributed by atoms with van der Waals surface area (Å²) in [6.07, 6.45) is -3.88. The third-order valence-electron chi connectivity index (χ3n) is 3.68. The predicted octanol–water partition coefficient (Wildman–Crippen LogP) is 0.0765. The third-order valence-corrected chi connectivity index (χ3v) is 3.68. The molecule has 26 heavy (non-hydrogen) atoms. The Balaban J connectivity index is 3.00. The number of aliphatic hydroxyl groups is 1. The zero-order valence-electron chi connectivity index (χ0n) is 15.2. The van der Waals surface area contributed by atoms with E-state index in [-0.39, 0.29) is 12.8 Å². The second-order valence-corrected chi connectivity index (χ2v) is 5.97. The summed E-state index contributed by atoms with van der Waals surface area (Å²) >= 11 is 0. The van der Waals surface area contributed by atoms with E-state index in [9.17, 15) is 24.3 Å². The maximum absolute atomic E-state index is 12.1. The molecule has 5 atom stereocenters. The molecule has 9 nitrogen and oxygen atoms in total. The highest BCUT2D eigenvalue weighted by Crippen LogP contribution is 2.11. The molecule has 0 saturated carbocycles. The van der Waals surface area contributed by atoms with E-state index < -0.39 is 54.2 Å². The number of carbonyl (C=O) groups is 4. The summed E-state index contributed by atoms with van der Waals surface area (Å²) in [5, 5.41) is 9.93. The van der Waals surface area contributed by atoms with Crippen molar-refractivity contribution in [3.63, 3.8) is 0 Å². The molecular weight excluding hydrogens is 348 g/mol. The first kappa shape index (κ1) is 21.8. The Morgan fingerprint density at radius 3 is 2.31 bits per heavy atom. The molecule has 1 heterocycles. The number of ketones is 1. The van der Waals surface area contributed by atoms with Gasteiger partial charge in [-0.2, -0.15) is 0 Å². The Morgan fingerprint density at radius 2 is 1.69 bits per heavy atom. The molecule has 0 radical (unpaired) electrons. The van der Waals surface area contributed by atoms with E-state index in [1.54, 1.807) is 0 Å². The summed E-state index contributed by atoms with van der Waals surface area (Å²) in [6.45, 7) is 4.28. The third kappa shape index (κ3) is 6.93. The maximum Gasteiger partial charge on any atom is 0.336 e. The molecule has 0 aromatic carbocycles. The van der Waals surface area contributed by atoms with Crippen molar-refractivity contribution in [3.05, 3.63) is 12.2 Å². The van der Waals surface area contributed by atoms with Gasteiger partial charge in [-0.15, -0.1) is 0 Å². The second-order valence-electron chi connectivity index (χ2n) is 5.97. The molecule has 0 aromatic rings. The fourth-order valence-corrected chi connectivity index (χ4v) is 2.10. The Kier molecular flexibility index (Phi) is 8.40. The molecular formula is C17H24O9. The number of carbonyl (C=O) groups excluding carboxylic acids is 4. The quantitative estimate of drug-likeness (QED) is 0.503. The SMILES string of the molecule is CO[C@H]1CC(=O)[C@H](C)OC(=O)C[C@H](C)OC(=O)/C=C\[C@@H](O)[C@H](C)OC1=O. The van der Waals surface area contributed by atoms with Gasteiger partial charge < -0.3 is 24.1 Å². The number of esters is 3. The molecule has 0 spiro atoms. The van der Waals surface area contributed by atoms with Crippen molar-refractivity contribution in [1.82, 2.24) is 0 Å². The van der Waals surface area contributed by atoms with Crippen LogP contribution in [0.4, 0.5) is 0 Å². The monoisotopic (exact) mass is 372 g/mol. The van der Waals surface area contributed by atoms with Crippen LogP contribution >= 0.6 is 0 Å². The van der Waals surface area contributed by atoms with Gasteiger partial charge in [0.1, 0.15) is 18.3 Å². The molecule has 1 rings (SSSR count). The van der Waals surface area contributed by atoms with E-state index in [0.29, 0.717) is 0 Å². The smallest absolute Gasteiger partial charge is 0.336 e. The number of rotatable bonds is 1. The van der Waals surface area contributed by atoms with E-state index in [2.05, 4.69) is 0 Å². The van der Waals surface area contributed by atoms with Crippen molar-refractivity contribution in [2.75, 3.05) is 7.11 Å². The summed E-state index contributed by atoms with van der Waals surface area (Å²) < 4.78 is 20.0. The summed E-state index contributed by atoms with van der Waals surface area (Å²) in [6, 6.07) is 0. The number of hydrogen-bond acceptors (Lipinski definition) is 9. The standard InChI is InChI=1S/C17H24O9/c1-9-7-16(21)25-11(3)13(19)8-14(23-4)17(22)26-10(2)12(18)5-6-15(20)24-9/h5-6,9-12,14,18H,7-8H2,1-4H3/b6-5-/t9-,10-,11-,12+,14-/m0/s1. The lowest BCUT2D eigenvalue weighted by molar-refractivity contribution is -0.167. The van der Waals surface area contributed by atoms with Gasteiger partial charge in [-0.3, -0.25) is 9.59 Å². The van der Waals surface area contributed by atoms with Crippen molar-refractivity contribution in [2.45, 2.75) is 64.1 Å². The highest BCUT2D eigenvalue weighted by molar-refractivity contribution is 5.90. The molecule has 0 unspecified atom stereocenters. The number of Topliss-reactive ketones (excluding diaryl/α,β-unsaturated/α-hetero) is 1. The lowest BCUT2D eigenvalue weighted by Gasteiger charge is -2.22. The minimum atomic E-state index is -1.27. The highest BCUT2D eigenvalue weighted by atomic mass is 16.6. The Labute approximate surface area is 151 Å². The van der Waals surface area contributed by atoms with Gasteiger partial charge in [0, 0.05) is 19.6 Å². The zero-order valence-corrected chi connectivity index (χ0v) is 15.2. The van der Waals surface area contributed by atoms with Crippen LogP contribution in [-0.4, -0.2) is 66.4 Å². The van der Waals surface area contributed by atoms with Crippen LogP contribution in [0.25, 0.3) is 0 Å². The number of aliphatic hydroxyl groups excluding tert-OH is 1. The number of ether oxygens (including phenoxy) is 4. The number of methoxy groups -OCH3 is 1. The fourth-order valence-electron chi connectivity index (χ4n) is 2.10. The zero-order chi connectivity index (χ0) is 19.9. The lowest BCUT2D eigenvalue weighted by Crippen LogP contribution is -2.37. The number of hydrogen-bond donors (Lipinski definition) is 1. The predicted molar refractivity (Wildman–Crippen MR) is 86.8 cm³/mol. The molecule has 1 aliphatic rings. The molecule has 0 amide bonds. The average molecular weight is 372 g/mol. The van der Waals surface area contributed by atoms with E-state index in [1.165, 1.54) is 27.9 Å². The van der Waals surface area contributed by atoms with Crippen molar-refractivity contribution >= 4 is 23.7 Å². The maximum atomic E-state index is 12.1. The van der Waals surface area contributed by atoms with E-state index >= 15 is 0 Å². The van der Waals surface area contributed by atoms with Crippen LogP contribution < -0.4 is 0 Å². The average Bonchev–Trinajstić information content (AvgIpc) is 2.55. The van der Waals surface area contributed by atoms with Crippen LogP contribution in [-0.2, 0) is 38.1 Å². The summed E-state index contributed by atoms with van der Waals surface area (Å²) in [5.74, 6) is -2.91. The van der Waals surface area contributed by atoms with E-state index in [0.717, 1.165) is 12.2 Å². The molecule has 1 N–H and O–H groups in total. The molecule has 9 heteroatoms. The van der Waals surface area contributed by atoms with Crippen molar-refractivity contribution in [1.29, 1.82) is 0 Å². The van der Waals surface area contributed by atoms with Crippen molar-refractivity contribution in [2.24, 2.45) is 0 Å². The van der Waals surface area contributed by atoms with Crippen LogP contribution in [0.15, 0.2) is 12.2 Å². The molecule has 0 aliphatic carbocycles. The minimum absolute atomic E-state index is 0.244. The topological polar surface area (TPSA) is 125 Å². The first-order valence-corrected chi connectivity index (χ1v) is 8.16. The van der Waals surface area contributed by atoms with Gasteiger partial charge in [-0.1, -0.05) is 0 Å². The first-order chi connectivity index (χ1) is 12.1. The highest BCUT2D eigenvalue weighted by Gasteiger charge is 2.30. The summed E-state index contributed by atoms with van der Waals surface area (Å²) in [4.78, 5) is 47.7. The fraction of sp³-hybridized carbons (Fsp3) is 0.647. The summed E-state index contributed by atoms with van der Waals surface area (Å²) in [5.41, 5.74) is 0. The minimum Gasteiger partial charge on any atom is -0.459 e. The number of cyclic esters (lactones) is 3. The summed E-state index contributed by atoms with van der Waals surface area (Å²) in [7, 11) is 1.23. The Morgan fingerprint density at radius 1 is 1.04 bits per heavy atom. The van der Waals surface area contributed by atoms with E-state index in [1.807, 2.05) is 0 Å². The van der Waals surface area contributed by atoms with Gasteiger partial charge >= 0.3 is 17.9 Å². The van der Waals surface area contributed by atoms with Crippen LogP contribution in [0, 0.1) is 0 Å². The largest absolute Gasteiger partial charge is 0.459 e. The van der Waals surface area contributed by atoms with Crippen LogP contribution in [0.3, 0.4) is 0 Å². The molecule has 0 saturated heterocycles. The lowest BCUT2D eigenvalue weighted by atomic mass is 10.1. The molecule has 146 valence electrons. The Hall–Kier alpha value is -2.26. The van der Waals surface area contributed by atoms with Crippen molar-refractivity contribution < 1.29 is 43.2 Å². The molecule has 0 aromatic heterocycles. The van der Waals surface area contributed by atoms with Gasteiger partial charge in [-0.25, -0.2) is 9.59 Å². The van der Waals surface area contributed by atoms with Crippen LogP contribution in [0.5, 0.6) is 0 Å². The first-order valence-electron chi connectivity index (χ1n) is 8.16. The molecule has 0 bridgehead atoms. The van der Waals surface area contributed by atoms with Gasteiger partial charge in [0.15, 0.2) is 18.0 Å². The van der Waals surface area contributed by atoms with Crippen molar-refractivity contribution in [3.8, 4) is 0 Å². The normalized spacial score (nSPS) is 33.8. The van der Waals surface area contributed by atoms with Gasteiger partial charge in [0.25, 0.3) is 0 Å². The van der Waals surface area contributed by atoms with Gasteiger partial charge in [-0.05, 0) is 26.8 Å². The Bertz CT molecular complexity index is 569. The van der Waals surface area contributed by atoms with Crippen LogP contribution in [0.1, 0.15) is 33.6 Å².